The molecule has 23 heteroatoms. The molecule has 0 aromatic carbocycles. The van der Waals surface area contributed by atoms with Crippen molar-refractivity contribution >= 4 is 29.8 Å². The van der Waals surface area contributed by atoms with E-state index >= 15 is 0 Å². The van der Waals surface area contributed by atoms with Gasteiger partial charge < -0.3 is 65.0 Å². The number of aliphatic hydroxyl groups is 4. The van der Waals surface area contributed by atoms with Gasteiger partial charge in [-0.15, -0.1) is 0 Å². The Labute approximate surface area is 388 Å². The molecule has 1 amide bonds. The Bertz CT molecular complexity index is 1900. The molecule has 4 rings (SSSR count). The number of hydrogen-bond acceptors (Lipinski definition) is 18. The number of amides is 1. The Hall–Kier alpha value is -4.33. The SMILES string of the molecule is CCCCCCCCCCCCCC(CC(=O)OC1CN(C)C(C(OC2OC(CN)C(O)C2O)C2OC(n3ccc(=O)[nH]c3=O)C(O)C2O)C(=O)N(C)C1C(=O)O)OC(=O)CC(C)CC(=O)O. The molecule has 14 atom stereocenters. The molecule has 380 valence electrons. The van der Waals surface area contributed by atoms with Crippen LogP contribution < -0.4 is 17.0 Å². The number of H-pyrrole nitrogens is 1. The minimum atomic E-state index is -1.95. The minimum absolute atomic E-state index is 0.226. The highest BCUT2D eigenvalue weighted by atomic mass is 16.7. The Balaban J connectivity index is 1.56. The summed E-state index contributed by atoms with van der Waals surface area (Å²) in [6.07, 6.45) is -6.06. The zero-order valence-electron chi connectivity index (χ0n) is 38.8. The summed E-state index contributed by atoms with van der Waals surface area (Å²) < 4.78 is 30.0. The van der Waals surface area contributed by atoms with E-state index in [1.165, 1.54) is 44.1 Å². The first kappa shape index (κ1) is 55.3. The van der Waals surface area contributed by atoms with Crippen molar-refractivity contribution < 1.29 is 78.3 Å². The molecule has 9 N–H and O–H groups in total. The fraction of sp³-hybridized carbons (Fsp3) is 0.795. The second kappa shape index (κ2) is 26.4. The summed E-state index contributed by atoms with van der Waals surface area (Å²) in [7, 11) is 2.47. The zero-order valence-corrected chi connectivity index (χ0v) is 38.8. The first-order chi connectivity index (χ1) is 31.8. The molecule has 0 saturated carbocycles. The van der Waals surface area contributed by atoms with Crippen molar-refractivity contribution in [2.45, 2.75) is 190 Å². The smallest absolute Gasteiger partial charge is 0.330 e. The zero-order chi connectivity index (χ0) is 49.5. The third-order valence-corrected chi connectivity index (χ3v) is 12.6. The van der Waals surface area contributed by atoms with Crippen LogP contribution in [0.25, 0.3) is 0 Å². The molecule has 67 heavy (non-hydrogen) atoms. The molecule has 0 aliphatic carbocycles. The fourth-order valence-corrected chi connectivity index (χ4v) is 8.95. The Morgan fingerprint density at radius 3 is 2.03 bits per heavy atom. The van der Waals surface area contributed by atoms with Crippen molar-refractivity contribution in [1.29, 1.82) is 0 Å². The molecular weight excluding hydrogens is 887 g/mol. The number of aromatic nitrogens is 2. The van der Waals surface area contributed by atoms with Gasteiger partial charge in [0.25, 0.3) is 5.56 Å². The lowest BCUT2D eigenvalue weighted by atomic mass is 9.97. The Kier molecular flexibility index (Phi) is 21.8. The van der Waals surface area contributed by atoms with Crippen molar-refractivity contribution in [1.82, 2.24) is 19.4 Å². The summed E-state index contributed by atoms with van der Waals surface area (Å²) in [6, 6.07) is -2.56. The van der Waals surface area contributed by atoms with Gasteiger partial charge in [0, 0.05) is 45.2 Å². The average Bonchev–Trinajstić information content (AvgIpc) is 3.66. The fourth-order valence-electron chi connectivity index (χ4n) is 8.95. The van der Waals surface area contributed by atoms with Gasteiger partial charge in [0.15, 0.2) is 18.6 Å². The number of carboxylic acid groups (broad SMARTS) is 2. The number of nitrogens with one attached hydrogen (secondary N) is 1. The van der Waals surface area contributed by atoms with Crippen LogP contribution in [-0.4, -0.2) is 180 Å². The van der Waals surface area contributed by atoms with E-state index in [9.17, 15) is 64.2 Å². The van der Waals surface area contributed by atoms with E-state index in [-0.39, 0.29) is 25.8 Å². The number of likely N-dealkylation sites (N-methyl/N-ethyl adjacent to an activating group) is 2. The van der Waals surface area contributed by atoms with Gasteiger partial charge in [0.05, 0.1) is 6.42 Å². The number of aliphatic hydroxyl groups excluding tert-OH is 4. The second-order valence-corrected chi connectivity index (χ2v) is 18.0. The van der Waals surface area contributed by atoms with Crippen molar-refractivity contribution in [3.05, 3.63) is 33.1 Å². The maximum Gasteiger partial charge on any atom is 0.330 e. The van der Waals surface area contributed by atoms with E-state index in [0.717, 1.165) is 60.9 Å². The number of nitrogens with zero attached hydrogens (tertiary/aromatic N) is 3. The highest BCUT2D eigenvalue weighted by molar-refractivity contribution is 5.88. The number of esters is 2. The second-order valence-electron chi connectivity index (χ2n) is 18.0. The highest BCUT2D eigenvalue weighted by Gasteiger charge is 2.57. The van der Waals surface area contributed by atoms with Crippen LogP contribution in [-0.2, 0) is 47.7 Å². The number of carboxylic acids is 2. The summed E-state index contributed by atoms with van der Waals surface area (Å²) in [5.41, 5.74) is 3.92. The lowest BCUT2D eigenvalue weighted by Crippen LogP contribution is -2.59. The normalized spacial score (nSPS) is 29.3. The van der Waals surface area contributed by atoms with Gasteiger partial charge in [-0.05, 0) is 25.8 Å². The molecule has 0 spiro atoms. The van der Waals surface area contributed by atoms with Crippen LogP contribution in [0.2, 0.25) is 0 Å². The molecule has 0 radical (unpaired) electrons. The highest BCUT2D eigenvalue weighted by Crippen LogP contribution is 2.36. The molecule has 0 bridgehead atoms. The predicted octanol–water partition coefficient (Wildman–Crippen LogP) is -0.412. The molecule has 3 aliphatic rings. The van der Waals surface area contributed by atoms with Crippen molar-refractivity contribution in [2.24, 2.45) is 11.7 Å². The van der Waals surface area contributed by atoms with Crippen LogP contribution in [0.4, 0.5) is 0 Å². The Morgan fingerprint density at radius 1 is 0.836 bits per heavy atom. The first-order valence-corrected chi connectivity index (χ1v) is 23.3. The number of nitrogens with two attached hydrogens (primary N) is 1. The number of rotatable bonds is 27. The molecule has 4 heterocycles. The quantitative estimate of drug-likeness (QED) is 0.0410. The predicted molar refractivity (Wildman–Crippen MR) is 234 cm³/mol. The molecule has 3 fully saturated rings. The lowest BCUT2D eigenvalue weighted by Gasteiger charge is -2.38. The van der Waals surface area contributed by atoms with Gasteiger partial charge >= 0.3 is 29.6 Å². The summed E-state index contributed by atoms with van der Waals surface area (Å²) in [6.45, 7) is 2.99. The maximum absolute atomic E-state index is 14.5. The molecule has 3 aliphatic heterocycles. The molecule has 1 aromatic heterocycles. The number of ether oxygens (including phenoxy) is 5. The molecular formula is C44H71N5O18. The number of unbranched alkanes of at least 4 members (excludes halogenated alkanes) is 10. The summed E-state index contributed by atoms with van der Waals surface area (Å²) in [4.78, 5) is 94.1. The van der Waals surface area contributed by atoms with Gasteiger partial charge in [-0.3, -0.25) is 38.4 Å². The van der Waals surface area contributed by atoms with Gasteiger partial charge in [0.2, 0.25) is 5.91 Å². The van der Waals surface area contributed by atoms with Gasteiger partial charge in [-0.1, -0.05) is 78.1 Å². The van der Waals surface area contributed by atoms with E-state index in [1.807, 2.05) is 4.98 Å². The largest absolute Gasteiger partial charge is 0.481 e. The molecule has 3 saturated heterocycles. The maximum atomic E-state index is 14.5. The lowest BCUT2D eigenvalue weighted by molar-refractivity contribution is -0.233. The number of carbonyl (C=O) groups is 5. The van der Waals surface area contributed by atoms with E-state index in [0.29, 0.717) is 6.42 Å². The standard InChI is InChI=1S/C44H71N5O18/c1-5-6-7-8-9-10-11-12-13-14-15-16-25(63-30(53)20-24(2)19-29(51)52)21-31(54)64-27-23-47(3)33(40(59)48(4)32(27)42(60)61)38(67-43-37(58)34(55)26(22-45)65-43)39-35(56)36(57)41(66-39)49-18-17-28(50)46-44(49)62/h17-18,24-27,32-39,41,43,55-58H,5-16,19-23,45H2,1-4H3,(H,51,52)(H,60,61)(H,46,50,62). The van der Waals surface area contributed by atoms with E-state index in [4.69, 9.17) is 29.4 Å². The van der Waals surface area contributed by atoms with E-state index in [2.05, 4.69) is 6.92 Å². The average molecular weight is 958 g/mol. The molecule has 23 nitrogen and oxygen atoms in total. The van der Waals surface area contributed by atoms with Crippen LogP contribution in [0.1, 0.15) is 116 Å². The third-order valence-electron chi connectivity index (χ3n) is 12.6. The van der Waals surface area contributed by atoms with Crippen molar-refractivity contribution in [3.63, 3.8) is 0 Å². The van der Waals surface area contributed by atoms with E-state index < -0.39 is 139 Å². The summed E-state index contributed by atoms with van der Waals surface area (Å²) in [5.74, 6) is -5.90. The molecule has 1 aromatic rings. The van der Waals surface area contributed by atoms with Crippen molar-refractivity contribution in [2.75, 3.05) is 27.2 Å². The number of carbonyl (C=O) groups excluding carboxylic acids is 3. The topological polar surface area (TPSA) is 340 Å². The molecule has 14 unspecified atom stereocenters. The number of aromatic amines is 1. The van der Waals surface area contributed by atoms with Crippen LogP contribution >= 0.6 is 0 Å². The number of aliphatic carboxylic acids is 2. The third kappa shape index (κ3) is 15.3. The summed E-state index contributed by atoms with van der Waals surface area (Å²) in [5, 5.41) is 63.8. The van der Waals surface area contributed by atoms with Gasteiger partial charge in [-0.2, -0.15) is 0 Å². The number of hydrogen-bond donors (Lipinski definition) is 8. The van der Waals surface area contributed by atoms with Gasteiger partial charge in [0.1, 0.15) is 61.0 Å². The van der Waals surface area contributed by atoms with Crippen LogP contribution in [0.15, 0.2) is 21.9 Å². The Morgan fingerprint density at radius 2 is 1.46 bits per heavy atom. The van der Waals surface area contributed by atoms with E-state index in [1.54, 1.807) is 6.92 Å². The van der Waals surface area contributed by atoms with Crippen LogP contribution in [0.5, 0.6) is 0 Å². The van der Waals surface area contributed by atoms with Crippen LogP contribution in [0.3, 0.4) is 0 Å². The van der Waals surface area contributed by atoms with Gasteiger partial charge in [-0.25, -0.2) is 9.59 Å². The minimum Gasteiger partial charge on any atom is -0.481 e. The summed E-state index contributed by atoms with van der Waals surface area (Å²) >= 11 is 0. The van der Waals surface area contributed by atoms with Crippen LogP contribution in [0, 0.1) is 5.92 Å². The first-order valence-electron chi connectivity index (χ1n) is 23.3. The van der Waals surface area contributed by atoms with Crippen molar-refractivity contribution in [3.8, 4) is 0 Å². The monoisotopic (exact) mass is 957 g/mol.